The number of hydrogen-bond acceptors (Lipinski definition) is 2. The molecule has 1 spiro atoms. The predicted octanol–water partition coefficient (Wildman–Crippen LogP) is 4.46. The topological polar surface area (TPSA) is 37.4 Å². The van der Waals surface area contributed by atoms with E-state index in [2.05, 4.69) is 15.9 Å². The van der Waals surface area contributed by atoms with Crippen LogP contribution in [0.4, 0.5) is 10.1 Å². The summed E-state index contributed by atoms with van der Waals surface area (Å²) in [5.41, 5.74) is 0.0878. The molecule has 1 saturated carbocycles. The predicted molar refractivity (Wildman–Crippen MR) is 81.7 cm³/mol. The van der Waals surface area contributed by atoms with Crippen molar-refractivity contribution in [2.45, 2.75) is 38.5 Å². The molecule has 1 aliphatic carbocycles. The van der Waals surface area contributed by atoms with Gasteiger partial charge in [-0.05, 0) is 46.3 Å². The van der Waals surface area contributed by atoms with Crippen LogP contribution in [-0.2, 0) is 9.59 Å². The summed E-state index contributed by atoms with van der Waals surface area (Å²) in [6, 6.07) is 2.32. The molecule has 3 rings (SSSR count). The summed E-state index contributed by atoms with van der Waals surface area (Å²) in [6.07, 6.45) is 4.72. The molecule has 0 radical (unpaired) electrons. The van der Waals surface area contributed by atoms with Gasteiger partial charge in [0.1, 0.15) is 5.82 Å². The first-order chi connectivity index (χ1) is 9.92. The number of nitrogens with zero attached hydrogens (tertiary/aromatic N) is 1. The molecule has 0 N–H and O–H groups in total. The van der Waals surface area contributed by atoms with E-state index in [1.807, 2.05) is 0 Å². The molecule has 1 aromatic rings. The van der Waals surface area contributed by atoms with E-state index < -0.39 is 5.82 Å². The molecule has 2 aliphatic rings. The number of carbonyl (C=O) groups excluding carboxylic acids is 2. The van der Waals surface area contributed by atoms with Crippen LogP contribution in [0.1, 0.15) is 38.5 Å². The second-order valence-corrected chi connectivity index (χ2v) is 7.16. The highest BCUT2D eigenvalue weighted by molar-refractivity contribution is 9.10. The fraction of sp³-hybridized carbons (Fsp3) is 0.467. The molecule has 0 atom stereocenters. The number of hydrogen-bond donors (Lipinski definition) is 0. The number of carbonyl (C=O) groups is 2. The molecule has 2 amide bonds. The maximum Gasteiger partial charge on any atom is 0.234 e. The van der Waals surface area contributed by atoms with Crippen molar-refractivity contribution in [1.29, 1.82) is 0 Å². The number of benzene rings is 1. The van der Waals surface area contributed by atoms with Gasteiger partial charge in [0.05, 0.1) is 10.7 Å². The molecule has 0 bridgehead atoms. The highest BCUT2D eigenvalue weighted by Crippen LogP contribution is 2.49. The summed E-state index contributed by atoms with van der Waals surface area (Å²) in [5, 5.41) is 0.0611. The van der Waals surface area contributed by atoms with E-state index in [1.54, 1.807) is 0 Å². The van der Waals surface area contributed by atoms with Gasteiger partial charge in [-0.25, -0.2) is 9.29 Å². The van der Waals surface area contributed by atoms with Crippen LogP contribution < -0.4 is 4.90 Å². The summed E-state index contributed by atoms with van der Waals surface area (Å²) in [7, 11) is 0. The Balaban J connectivity index is 1.97. The first-order valence-electron chi connectivity index (χ1n) is 6.92. The Morgan fingerprint density at radius 2 is 1.71 bits per heavy atom. The Bertz CT molecular complexity index is 585. The number of piperidine rings is 1. The molecule has 21 heavy (non-hydrogen) atoms. The molecule has 1 heterocycles. The molecular formula is C15H14BrClFNO2. The lowest BCUT2D eigenvalue weighted by Gasteiger charge is -2.37. The van der Waals surface area contributed by atoms with Crippen LogP contribution in [0.3, 0.4) is 0 Å². The highest BCUT2D eigenvalue weighted by Gasteiger charge is 2.46. The van der Waals surface area contributed by atoms with Gasteiger partial charge in [0.15, 0.2) is 0 Å². The summed E-state index contributed by atoms with van der Waals surface area (Å²) in [6.45, 7) is 0. The normalized spacial score (nSPS) is 21.4. The Morgan fingerprint density at radius 3 is 2.24 bits per heavy atom. The molecule has 112 valence electrons. The van der Waals surface area contributed by atoms with Crippen LogP contribution >= 0.6 is 27.5 Å². The number of halogens is 3. The number of imide groups is 1. The van der Waals surface area contributed by atoms with Crippen molar-refractivity contribution in [3.8, 4) is 0 Å². The smallest absolute Gasteiger partial charge is 0.234 e. The zero-order valence-electron chi connectivity index (χ0n) is 11.3. The van der Waals surface area contributed by atoms with Crippen LogP contribution in [0, 0.1) is 11.2 Å². The van der Waals surface area contributed by atoms with Crippen LogP contribution in [-0.4, -0.2) is 11.8 Å². The monoisotopic (exact) mass is 373 g/mol. The average Bonchev–Trinajstić information content (AvgIpc) is 2.79. The van der Waals surface area contributed by atoms with Crippen LogP contribution in [0.5, 0.6) is 0 Å². The molecule has 0 aromatic heterocycles. The molecular weight excluding hydrogens is 361 g/mol. The highest BCUT2D eigenvalue weighted by atomic mass is 79.9. The number of rotatable bonds is 1. The van der Waals surface area contributed by atoms with Crippen molar-refractivity contribution < 1.29 is 14.0 Å². The second-order valence-electron chi connectivity index (χ2n) is 5.90. The Kier molecular flexibility index (Phi) is 3.82. The van der Waals surface area contributed by atoms with Gasteiger partial charge in [0, 0.05) is 17.3 Å². The average molecular weight is 375 g/mol. The fourth-order valence-electron chi connectivity index (χ4n) is 3.48. The maximum atomic E-state index is 13.3. The molecule has 6 heteroatoms. The largest absolute Gasteiger partial charge is 0.274 e. The fourth-order valence-corrected chi connectivity index (χ4v) is 4.49. The lowest BCUT2D eigenvalue weighted by Crippen LogP contribution is -2.47. The van der Waals surface area contributed by atoms with E-state index in [1.165, 1.54) is 6.07 Å². The third kappa shape index (κ3) is 2.61. The van der Waals surface area contributed by atoms with Crippen molar-refractivity contribution in [1.82, 2.24) is 0 Å². The van der Waals surface area contributed by atoms with Gasteiger partial charge in [-0.15, -0.1) is 0 Å². The van der Waals surface area contributed by atoms with E-state index >= 15 is 0 Å². The quantitative estimate of drug-likeness (QED) is 0.681. The third-order valence-corrected chi connectivity index (χ3v) is 5.31. The van der Waals surface area contributed by atoms with Gasteiger partial charge in [0.2, 0.25) is 11.8 Å². The van der Waals surface area contributed by atoms with Gasteiger partial charge < -0.3 is 0 Å². The SMILES string of the molecule is O=C1CC2(CCCC2)CC(=O)N1c1c(Cl)cc(F)cc1Br. The standard InChI is InChI=1S/C15H14BrClFNO2/c16-10-5-9(18)6-11(17)14(10)19-12(20)7-15(8-13(19)21)3-1-2-4-15/h5-6H,1-4,7-8H2. The van der Waals surface area contributed by atoms with Crippen molar-refractivity contribution in [2.24, 2.45) is 5.41 Å². The zero-order valence-corrected chi connectivity index (χ0v) is 13.6. The Hall–Kier alpha value is -0.940. The van der Waals surface area contributed by atoms with Gasteiger partial charge in [-0.2, -0.15) is 0 Å². The number of anilines is 1. The molecule has 0 unspecified atom stereocenters. The van der Waals surface area contributed by atoms with Crippen molar-refractivity contribution in [2.75, 3.05) is 4.90 Å². The van der Waals surface area contributed by atoms with Crippen molar-refractivity contribution >= 4 is 45.0 Å². The van der Waals surface area contributed by atoms with E-state index in [-0.39, 0.29) is 27.9 Å². The van der Waals surface area contributed by atoms with Crippen LogP contribution in [0.2, 0.25) is 5.02 Å². The minimum atomic E-state index is -0.514. The Morgan fingerprint density at radius 1 is 1.14 bits per heavy atom. The lowest BCUT2D eigenvalue weighted by atomic mass is 9.76. The molecule has 2 fully saturated rings. The minimum Gasteiger partial charge on any atom is -0.274 e. The first-order valence-corrected chi connectivity index (χ1v) is 8.09. The lowest BCUT2D eigenvalue weighted by molar-refractivity contribution is -0.133. The summed E-state index contributed by atoms with van der Waals surface area (Å²) in [5.74, 6) is -1.01. The van der Waals surface area contributed by atoms with Crippen LogP contribution in [0.25, 0.3) is 0 Å². The van der Waals surface area contributed by atoms with Gasteiger partial charge >= 0.3 is 0 Å². The second kappa shape index (κ2) is 5.36. The molecule has 3 nitrogen and oxygen atoms in total. The number of amides is 2. The maximum absolute atomic E-state index is 13.3. The van der Waals surface area contributed by atoms with Gasteiger partial charge in [-0.3, -0.25) is 9.59 Å². The summed E-state index contributed by atoms with van der Waals surface area (Å²) >= 11 is 9.23. The molecule has 1 saturated heterocycles. The minimum absolute atomic E-state index is 0.0611. The van der Waals surface area contributed by atoms with E-state index in [4.69, 9.17) is 11.6 Å². The summed E-state index contributed by atoms with van der Waals surface area (Å²) < 4.78 is 13.6. The zero-order chi connectivity index (χ0) is 15.2. The Labute approximate surface area is 135 Å². The van der Waals surface area contributed by atoms with Gasteiger partial charge in [0.25, 0.3) is 0 Å². The van der Waals surface area contributed by atoms with Gasteiger partial charge in [-0.1, -0.05) is 24.4 Å². The summed E-state index contributed by atoms with van der Waals surface area (Å²) in [4.78, 5) is 26.1. The molecule has 1 aromatic carbocycles. The van der Waals surface area contributed by atoms with E-state index in [9.17, 15) is 14.0 Å². The van der Waals surface area contributed by atoms with E-state index in [0.29, 0.717) is 17.3 Å². The van der Waals surface area contributed by atoms with Crippen LogP contribution in [0.15, 0.2) is 16.6 Å². The van der Waals surface area contributed by atoms with Crippen molar-refractivity contribution in [3.63, 3.8) is 0 Å². The first kappa shape index (κ1) is 15.0. The third-order valence-electron chi connectivity index (χ3n) is 4.42. The van der Waals surface area contributed by atoms with E-state index in [0.717, 1.165) is 36.6 Å². The molecule has 1 aliphatic heterocycles. The van der Waals surface area contributed by atoms with Crippen molar-refractivity contribution in [3.05, 3.63) is 27.4 Å².